The van der Waals surface area contributed by atoms with Crippen molar-refractivity contribution in [3.8, 4) is 0 Å². The van der Waals surface area contributed by atoms with Gasteiger partial charge in [-0.25, -0.2) is 9.78 Å². The van der Waals surface area contributed by atoms with Crippen LogP contribution in [0.5, 0.6) is 0 Å². The van der Waals surface area contributed by atoms with Gasteiger partial charge >= 0.3 is 5.97 Å². The van der Waals surface area contributed by atoms with Gasteiger partial charge in [-0.3, -0.25) is 9.89 Å². The zero-order valence-corrected chi connectivity index (χ0v) is 13.8. The lowest BCUT2D eigenvalue weighted by molar-refractivity contribution is 0.0696. The second-order valence-corrected chi connectivity index (χ2v) is 6.54. The molecule has 0 radical (unpaired) electrons. The molecule has 0 saturated heterocycles. The SMILES string of the molecule is Cc1[nH]nc2c(C(=O)Nc3ccc4nc(C(=O)O)sc4c3)cccc12. The van der Waals surface area contributed by atoms with Crippen LogP contribution in [0.25, 0.3) is 21.1 Å². The number of nitrogens with zero attached hydrogens (tertiary/aromatic N) is 2. The molecule has 0 fully saturated rings. The molecule has 2 heterocycles. The number of benzene rings is 2. The van der Waals surface area contributed by atoms with Crippen LogP contribution >= 0.6 is 11.3 Å². The van der Waals surface area contributed by atoms with Crippen molar-refractivity contribution >= 4 is 50.0 Å². The van der Waals surface area contributed by atoms with Gasteiger partial charge in [0.2, 0.25) is 5.01 Å². The third kappa shape index (κ3) is 2.62. The zero-order valence-electron chi connectivity index (χ0n) is 13.0. The van der Waals surface area contributed by atoms with Gasteiger partial charge in [-0.15, -0.1) is 11.3 Å². The summed E-state index contributed by atoms with van der Waals surface area (Å²) in [4.78, 5) is 27.7. The first-order valence-electron chi connectivity index (χ1n) is 7.42. The minimum atomic E-state index is -1.06. The van der Waals surface area contributed by atoms with E-state index in [0.717, 1.165) is 22.4 Å². The molecule has 7 nitrogen and oxygen atoms in total. The largest absolute Gasteiger partial charge is 0.476 e. The topological polar surface area (TPSA) is 108 Å². The highest BCUT2D eigenvalue weighted by Crippen LogP contribution is 2.26. The van der Waals surface area contributed by atoms with Gasteiger partial charge in [0.05, 0.1) is 15.8 Å². The number of carboxylic acids is 1. The molecule has 124 valence electrons. The van der Waals surface area contributed by atoms with Crippen LogP contribution in [0, 0.1) is 6.92 Å². The summed E-state index contributed by atoms with van der Waals surface area (Å²) in [5, 5.41) is 19.8. The Balaban J connectivity index is 1.68. The van der Waals surface area contributed by atoms with Crippen LogP contribution in [0.3, 0.4) is 0 Å². The highest BCUT2D eigenvalue weighted by molar-refractivity contribution is 7.20. The summed E-state index contributed by atoms with van der Waals surface area (Å²) < 4.78 is 0.698. The Morgan fingerprint density at radius 3 is 2.88 bits per heavy atom. The zero-order chi connectivity index (χ0) is 17.6. The van der Waals surface area contributed by atoms with Crippen LogP contribution in [0.1, 0.15) is 25.9 Å². The smallest absolute Gasteiger partial charge is 0.365 e. The molecule has 0 unspecified atom stereocenters. The van der Waals surface area contributed by atoms with Gasteiger partial charge in [0, 0.05) is 16.8 Å². The number of thiazole rings is 1. The van der Waals surface area contributed by atoms with Gasteiger partial charge in [-0.2, -0.15) is 5.10 Å². The summed E-state index contributed by atoms with van der Waals surface area (Å²) in [6.07, 6.45) is 0. The lowest BCUT2D eigenvalue weighted by atomic mass is 10.1. The van der Waals surface area contributed by atoms with Crippen molar-refractivity contribution in [2.45, 2.75) is 6.92 Å². The fraction of sp³-hybridized carbons (Fsp3) is 0.0588. The molecule has 0 saturated carbocycles. The molecular weight excluding hydrogens is 340 g/mol. The van der Waals surface area contributed by atoms with Crippen LogP contribution in [0.4, 0.5) is 5.69 Å². The first-order chi connectivity index (χ1) is 12.0. The molecule has 0 bridgehead atoms. The number of anilines is 1. The fourth-order valence-electron chi connectivity index (χ4n) is 2.64. The highest BCUT2D eigenvalue weighted by atomic mass is 32.1. The molecule has 0 spiro atoms. The number of carbonyl (C=O) groups is 2. The van der Waals surface area contributed by atoms with E-state index in [4.69, 9.17) is 5.11 Å². The van der Waals surface area contributed by atoms with Crippen LogP contribution in [-0.4, -0.2) is 32.2 Å². The van der Waals surface area contributed by atoms with Crippen molar-refractivity contribution in [2.75, 3.05) is 5.32 Å². The summed E-state index contributed by atoms with van der Waals surface area (Å²) in [6.45, 7) is 1.90. The molecular formula is C17H12N4O3S. The number of para-hydroxylation sites is 1. The monoisotopic (exact) mass is 352 g/mol. The average molecular weight is 352 g/mol. The van der Waals surface area contributed by atoms with Crippen LogP contribution in [0.15, 0.2) is 36.4 Å². The number of carbonyl (C=O) groups excluding carboxylic acids is 1. The third-order valence-corrected chi connectivity index (χ3v) is 4.86. The number of carboxylic acid groups (broad SMARTS) is 1. The number of aromatic carboxylic acids is 1. The number of aryl methyl sites for hydroxylation is 1. The molecule has 2 aromatic carbocycles. The Hall–Kier alpha value is -3.26. The number of nitrogens with one attached hydrogen (secondary N) is 2. The van der Waals surface area contributed by atoms with E-state index < -0.39 is 5.97 Å². The second kappa shape index (κ2) is 5.67. The fourth-order valence-corrected chi connectivity index (χ4v) is 3.49. The number of hydrogen-bond acceptors (Lipinski definition) is 5. The van der Waals surface area contributed by atoms with Gasteiger partial charge in [-0.1, -0.05) is 12.1 Å². The van der Waals surface area contributed by atoms with E-state index in [2.05, 4.69) is 20.5 Å². The molecule has 0 aliphatic carbocycles. The van der Waals surface area contributed by atoms with Crippen molar-refractivity contribution in [2.24, 2.45) is 0 Å². The predicted molar refractivity (Wildman–Crippen MR) is 95.4 cm³/mol. The lowest BCUT2D eigenvalue weighted by Gasteiger charge is -2.06. The molecule has 3 N–H and O–H groups in total. The predicted octanol–water partition coefficient (Wildman–Crippen LogP) is 3.43. The summed E-state index contributed by atoms with van der Waals surface area (Å²) >= 11 is 1.07. The second-order valence-electron chi connectivity index (χ2n) is 5.51. The summed E-state index contributed by atoms with van der Waals surface area (Å²) in [5.41, 5.74) is 3.15. The lowest BCUT2D eigenvalue weighted by Crippen LogP contribution is -2.12. The minimum absolute atomic E-state index is 0.0234. The molecule has 4 aromatic rings. The molecule has 4 rings (SSSR count). The maximum Gasteiger partial charge on any atom is 0.365 e. The minimum Gasteiger partial charge on any atom is -0.476 e. The van der Waals surface area contributed by atoms with E-state index in [1.165, 1.54) is 0 Å². The van der Waals surface area contributed by atoms with E-state index >= 15 is 0 Å². The first-order valence-corrected chi connectivity index (χ1v) is 8.23. The average Bonchev–Trinajstić information content (AvgIpc) is 3.18. The number of H-pyrrole nitrogens is 1. The molecule has 2 aromatic heterocycles. The van der Waals surface area contributed by atoms with Gasteiger partial charge < -0.3 is 10.4 Å². The van der Waals surface area contributed by atoms with Gasteiger partial charge in [0.15, 0.2) is 0 Å². The molecule has 0 aliphatic heterocycles. The third-order valence-electron chi connectivity index (χ3n) is 3.85. The number of fused-ring (bicyclic) bond motifs is 2. The number of rotatable bonds is 3. The van der Waals surface area contributed by atoms with Gasteiger partial charge in [0.1, 0.15) is 5.52 Å². The van der Waals surface area contributed by atoms with Crippen LogP contribution in [0.2, 0.25) is 0 Å². The number of aromatic nitrogens is 3. The van der Waals surface area contributed by atoms with Crippen molar-refractivity contribution in [3.05, 3.63) is 52.7 Å². The van der Waals surface area contributed by atoms with E-state index in [1.807, 2.05) is 19.1 Å². The van der Waals surface area contributed by atoms with Crippen LogP contribution < -0.4 is 5.32 Å². The van der Waals surface area contributed by atoms with E-state index in [9.17, 15) is 9.59 Å². The highest BCUT2D eigenvalue weighted by Gasteiger charge is 2.15. The summed E-state index contributed by atoms with van der Waals surface area (Å²) in [7, 11) is 0. The van der Waals surface area contributed by atoms with E-state index in [0.29, 0.717) is 27.0 Å². The summed E-state index contributed by atoms with van der Waals surface area (Å²) in [5.74, 6) is -1.34. The normalized spacial score (nSPS) is 11.1. The Kier molecular flexibility index (Phi) is 3.47. The molecule has 25 heavy (non-hydrogen) atoms. The standard InChI is InChI=1S/C17H12N4O3S/c1-8-10-3-2-4-11(14(10)21-20-8)15(22)18-9-5-6-12-13(7-9)25-16(19-12)17(23)24/h2-7H,1H3,(H,18,22)(H,20,21)(H,23,24). The Morgan fingerprint density at radius 1 is 1.24 bits per heavy atom. The number of hydrogen-bond donors (Lipinski definition) is 3. The van der Waals surface area contributed by atoms with Crippen LogP contribution in [-0.2, 0) is 0 Å². The van der Waals surface area contributed by atoms with Crippen molar-refractivity contribution in [3.63, 3.8) is 0 Å². The molecule has 0 atom stereocenters. The molecule has 8 heteroatoms. The van der Waals surface area contributed by atoms with E-state index in [1.54, 1.807) is 24.3 Å². The quantitative estimate of drug-likeness (QED) is 0.523. The molecule has 1 amide bonds. The Bertz CT molecular complexity index is 1150. The summed E-state index contributed by atoms with van der Waals surface area (Å²) in [6, 6.07) is 10.5. The molecule has 0 aliphatic rings. The van der Waals surface area contributed by atoms with Gasteiger partial charge in [0.25, 0.3) is 5.91 Å². The van der Waals surface area contributed by atoms with Crippen molar-refractivity contribution < 1.29 is 14.7 Å². The maximum atomic E-state index is 12.6. The van der Waals surface area contributed by atoms with Gasteiger partial charge in [-0.05, 0) is 31.2 Å². The Morgan fingerprint density at radius 2 is 2.08 bits per heavy atom. The maximum absolute atomic E-state index is 12.6. The number of aromatic amines is 1. The first kappa shape index (κ1) is 15.3. The van der Waals surface area contributed by atoms with E-state index in [-0.39, 0.29) is 10.9 Å². The van der Waals surface area contributed by atoms with Crippen molar-refractivity contribution in [1.29, 1.82) is 0 Å². The Labute approximate surface area is 145 Å². The number of amides is 1. The van der Waals surface area contributed by atoms with Crippen molar-refractivity contribution in [1.82, 2.24) is 15.2 Å².